The Morgan fingerprint density at radius 2 is 1.77 bits per heavy atom. The van der Waals surface area contributed by atoms with E-state index in [9.17, 15) is 0 Å². The second kappa shape index (κ2) is 6.86. The van der Waals surface area contributed by atoms with Gasteiger partial charge in [-0.1, -0.05) is 0 Å². The van der Waals surface area contributed by atoms with Crippen molar-refractivity contribution in [3.05, 3.63) is 0 Å². The molecule has 1 unspecified atom stereocenters. The Labute approximate surface area is 79.9 Å². The van der Waals surface area contributed by atoms with Crippen molar-refractivity contribution in [3.8, 4) is 0 Å². The fourth-order valence-corrected chi connectivity index (χ4v) is 0.902. The highest BCUT2D eigenvalue weighted by Gasteiger charge is 2.03. The minimum atomic E-state index is 0.00765. The van der Waals surface area contributed by atoms with Crippen LogP contribution in [0.2, 0.25) is 0 Å². The van der Waals surface area contributed by atoms with Gasteiger partial charge in [-0.25, -0.2) is 0 Å². The van der Waals surface area contributed by atoms with Gasteiger partial charge < -0.3 is 15.2 Å². The third kappa shape index (κ3) is 9.30. The number of hydrogen-bond donors (Lipinski definition) is 2. The lowest BCUT2D eigenvalue weighted by atomic mass is 10.3. The van der Waals surface area contributed by atoms with Gasteiger partial charge in [-0.2, -0.15) is 0 Å². The lowest BCUT2D eigenvalue weighted by Crippen LogP contribution is -2.21. The molecule has 0 aromatic rings. The van der Waals surface area contributed by atoms with Crippen molar-refractivity contribution in [3.63, 3.8) is 0 Å². The standard InChI is InChI=1S/C9H20N2O2/c1-7(2)12-4-5-13-8(3)6-9(10)11/h7-8H,4-6H2,1-3H3,(H3,10,11). The first-order valence-electron chi connectivity index (χ1n) is 4.58. The summed E-state index contributed by atoms with van der Waals surface area (Å²) in [5.74, 6) is 0.164. The summed E-state index contributed by atoms with van der Waals surface area (Å²) in [5.41, 5.74) is 5.22. The summed E-state index contributed by atoms with van der Waals surface area (Å²) in [6.45, 7) is 7.03. The second-order valence-electron chi connectivity index (χ2n) is 3.33. The lowest BCUT2D eigenvalue weighted by Gasteiger charge is -2.13. The molecule has 0 heterocycles. The Kier molecular flexibility index (Phi) is 6.54. The number of amidine groups is 1. The maximum Gasteiger partial charge on any atom is 0.0931 e. The molecule has 13 heavy (non-hydrogen) atoms. The van der Waals surface area contributed by atoms with Gasteiger partial charge in [0.25, 0.3) is 0 Å². The molecule has 0 aromatic carbocycles. The fraction of sp³-hybridized carbons (Fsp3) is 0.889. The van der Waals surface area contributed by atoms with Crippen molar-refractivity contribution >= 4 is 5.84 Å². The van der Waals surface area contributed by atoms with Crippen molar-refractivity contribution < 1.29 is 9.47 Å². The average Bonchev–Trinajstić information content (AvgIpc) is 1.96. The lowest BCUT2D eigenvalue weighted by molar-refractivity contribution is -0.00444. The summed E-state index contributed by atoms with van der Waals surface area (Å²) in [6, 6.07) is 0. The number of ether oxygens (including phenoxy) is 2. The summed E-state index contributed by atoms with van der Waals surface area (Å²) in [4.78, 5) is 0. The van der Waals surface area contributed by atoms with E-state index in [1.165, 1.54) is 0 Å². The van der Waals surface area contributed by atoms with E-state index in [4.69, 9.17) is 20.6 Å². The second-order valence-corrected chi connectivity index (χ2v) is 3.33. The average molecular weight is 188 g/mol. The van der Waals surface area contributed by atoms with Gasteiger partial charge in [-0.15, -0.1) is 0 Å². The van der Waals surface area contributed by atoms with Crippen LogP contribution in [-0.2, 0) is 9.47 Å². The van der Waals surface area contributed by atoms with E-state index in [0.29, 0.717) is 19.6 Å². The molecule has 0 fully saturated rings. The van der Waals surface area contributed by atoms with E-state index in [2.05, 4.69) is 0 Å². The molecule has 78 valence electrons. The van der Waals surface area contributed by atoms with E-state index >= 15 is 0 Å². The SMILES string of the molecule is CC(C)OCCOC(C)CC(=N)N. The molecule has 0 rings (SSSR count). The van der Waals surface area contributed by atoms with Gasteiger partial charge >= 0.3 is 0 Å². The van der Waals surface area contributed by atoms with Gasteiger partial charge in [0.05, 0.1) is 31.3 Å². The van der Waals surface area contributed by atoms with Gasteiger partial charge in [-0.3, -0.25) is 5.41 Å². The summed E-state index contributed by atoms with van der Waals surface area (Å²) < 4.78 is 10.6. The van der Waals surface area contributed by atoms with E-state index in [1.54, 1.807) is 0 Å². The predicted molar refractivity (Wildman–Crippen MR) is 53.0 cm³/mol. The van der Waals surface area contributed by atoms with Crippen molar-refractivity contribution in [1.29, 1.82) is 5.41 Å². The summed E-state index contributed by atoms with van der Waals surface area (Å²) in [5, 5.41) is 7.04. The van der Waals surface area contributed by atoms with Crippen LogP contribution in [0.25, 0.3) is 0 Å². The molecule has 4 nitrogen and oxygen atoms in total. The first-order valence-corrected chi connectivity index (χ1v) is 4.58. The van der Waals surface area contributed by atoms with Crippen LogP contribution in [0.15, 0.2) is 0 Å². The molecule has 0 aliphatic rings. The van der Waals surface area contributed by atoms with Gasteiger partial charge in [-0.05, 0) is 20.8 Å². The molecule has 0 radical (unpaired) electrons. The molecular formula is C9H20N2O2. The molecule has 1 atom stereocenters. The van der Waals surface area contributed by atoms with Gasteiger partial charge in [0.15, 0.2) is 0 Å². The molecule has 0 saturated carbocycles. The molecule has 0 amide bonds. The third-order valence-corrected chi connectivity index (χ3v) is 1.44. The Morgan fingerprint density at radius 3 is 2.23 bits per heavy atom. The number of nitrogens with two attached hydrogens (primary N) is 1. The van der Waals surface area contributed by atoms with Gasteiger partial charge in [0.2, 0.25) is 0 Å². The highest BCUT2D eigenvalue weighted by atomic mass is 16.5. The maximum absolute atomic E-state index is 7.04. The molecule has 0 bridgehead atoms. The maximum atomic E-state index is 7.04. The monoisotopic (exact) mass is 188 g/mol. The number of nitrogens with one attached hydrogen (secondary N) is 1. The smallest absolute Gasteiger partial charge is 0.0931 e. The van der Waals surface area contributed by atoms with Crippen LogP contribution in [0.4, 0.5) is 0 Å². The zero-order valence-corrected chi connectivity index (χ0v) is 8.67. The van der Waals surface area contributed by atoms with E-state index in [0.717, 1.165) is 0 Å². The van der Waals surface area contributed by atoms with Gasteiger partial charge in [0.1, 0.15) is 0 Å². The quantitative estimate of drug-likeness (QED) is 0.357. The van der Waals surface area contributed by atoms with Crippen LogP contribution in [0.1, 0.15) is 27.2 Å². The Bertz CT molecular complexity index is 149. The first-order chi connectivity index (χ1) is 6.02. The molecule has 0 aliphatic carbocycles. The van der Waals surface area contributed by atoms with Crippen LogP contribution in [0.5, 0.6) is 0 Å². The summed E-state index contributed by atoms with van der Waals surface area (Å²) in [6.07, 6.45) is 0.738. The van der Waals surface area contributed by atoms with Crippen molar-refractivity contribution in [1.82, 2.24) is 0 Å². The van der Waals surface area contributed by atoms with Crippen LogP contribution in [0.3, 0.4) is 0 Å². The topological polar surface area (TPSA) is 68.3 Å². The highest BCUT2D eigenvalue weighted by molar-refractivity contribution is 5.77. The van der Waals surface area contributed by atoms with Crippen molar-refractivity contribution in [2.45, 2.75) is 39.4 Å². The third-order valence-electron chi connectivity index (χ3n) is 1.44. The molecule has 0 saturated heterocycles. The van der Waals surface area contributed by atoms with E-state index in [1.807, 2.05) is 20.8 Å². The number of rotatable bonds is 7. The normalized spacial score (nSPS) is 13.2. The largest absolute Gasteiger partial charge is 0.388 e. The molecule has 0 aliphatic heterocycles. The van der Waals surface area contributed by atoms with Crippen LogP contribution < -0.4 is 5.73 Å². The van der Waals surface area contributed by atoms with Crippen LogP contribution in [-0.4, -0.2) is 31.3 Å². The minimum absolute atomic E-state index is 0.00765. The first kappa shape index (κ1) is 12.4. The fourth-order valence-electron chi connectivity index (χ4n) is 0.902. The Balaban J connectivity index is 3.26. The highest BCUT2D eigenvalue weighted by Crippen LogP contribution is 1.96. The van der Waals surface area contributed by atoms with Crippen molar-refractivity contribution in [2.24, 2.45) is 5.73 Å². The van der Waals surface area contributed by atoms with Crippen molar-refractivity contribution in [2.75, 3.05) is 13.2 Å². The molecule has 4 heteroatoms. The molecule has 0 spiro atoms. The zero-order valence-electron chi connectivity index (χ0n) is 8.67. The Hall–Kier alpha value is -0.610. The molecule has 3 N–H and O–H groups in total. The summed E-state index contributed by atoms with van der Waals surface area (Å²) in [7, 11) is 0. The van der Waals surface area contributed by atoms with Crippen LogP contribution >= 0.6 is 0 Å². The number of hydrogen-bond acceptors (Lipinski definition) is 3. The van der Waals surface area contributed by atoms with E-state index in [-0.39, 0.29) is 18.0 Å². The molecular weight excluding hydrogens is 168 g/mol. The van der Waals surface area contributed by atoms with Crippen LogP contribution in [0, 0.1) is 5.41 Å². The molecule has 0 aromatic heterocycles. The van der Waals surface area contributed by atoms with Gasteiger partial charge in [0, 0.05) is 6.42 Å². The Morgan fingerprint density at radius 1 is 1.23 bits per heavy atom. The predicted octanol–water partition coefficient (Wildman–Crippen LogP) is 1.14. The summed E-state index contributed by atoms with van der Waals surface area (Å²) >= 11 is 0. The minimum Gasteiger partial charge on any atom is -0.388 e. The van der Waals surface area contributed by atoms with E-state index < -0.39 is 0 Å². The zero-order chi connectivity index (χ0) is 10.3.